The number of amides is 3. The molecule has 0 spiro atoms. The van der Waals surface area contributed by atoms with Crippen molar-refractivity contribution in [3.05, 3.63) is 53.6 Å². The Hall–Kier alpha value is -2.80. The van der Waals surface area contributed by atoms with Crippen LogP contribution >= 0.6 is 11.8 Å². The van der Waals surface area contributed by atoms with Crippen LogP contribution < -0.4 is 16.0 Å². The third-order valence-corrected chi connectivity index (χ3v) is 4.69. The fraction of sp³-hybridized carbons (Fsp3) is 0.211. The van der Waals surface area contributed by atoms with Gasteiger partial charge in [-0.1, -0.05) is 17.8 Å². The summed E-state index contributed by atoms with van der Waals surface area (Å²) in [6.45, 7) is 3.89. The smallest absolute Gasteiger partial charge is 0.309 e. The monoisotopic (exact) mass is 371 g/mol. The Morgan fingerprint density at radius 3 is 2.15 bits per heavy atom. The molecule has 0 atom stereocenters. The van der Waals surface area contributed by atoms with Crippen LogP contribution in [0.15, 0.2) is 52.3 Å². The lowest BCUT2D eigenvalue weighted by Gasteiger charge is -2.08. The van der Waals surface area contributed by atoms with Crippen LogP contribution in [0.1, 0.15) is 11.1 Å². The molecule has 0 saturated heterocycles. The molecule has 0 unspecified atom stereocenters. The van der Waals surface area contributed by atoms with E-state index < -0.39 is 17.7 Å². The van der Waals surface area contributed by atoms with Gasteiger partial charge in [-0.05, 0) is 61.4 Å². The van der Waals surface area contributed by atoms with Gasteiger partial charge in [-0.25, -0.2) is 0 Å². The van der Waals surface area contributed by atoms with Crippen molar-refractivity contribution in [3.8, 4) is 0 Å². The summed E-state index contributed by atoms with van der Waals surface area (Å²) in [5.41, 5.74) is 3.13. The summed E-state index contributed by atoms with van der Waals surface area (Å²) >= 11 is 1.64. The predicted molar refractivity (Wildman–Crippen MR) is 102 cm³/mol. The molecule has 2 aromatic rings. The maximum Gasteiger partial charge on any atom is 0.309 e. The predicted octanol–water partition coefficient (Wildman–Crippen LogP) is 2.26. The van der Waals surface area contributed by atoms with E-state index in [1.807, 2.05) is 12.1 Å². The fourth-order valence-electron chi connectivity index (χ4n) is 2.08. The molecule has 7 heteroatoms. The van der Waals surface area contributed by atoms with Gasteiger partial charge in [-0.3, -0.25) is 14.4 Å². The number of nitrogens with one attached hydrogen (secondary N) is 3. The quantitative estimate of drug-likeness (QED) is 0.704. The molecular formula is C19H21N3O3S. The van der Waals surface area contributed by atoms with Crippen LogP contribution in [0.3, 0.4) is 0 Å². The molecule has 3 N–H and O–H groups in total. The van der Waals surface area contributed by atoms with Crippen LogP contribution in [0.4, 0.5) is 5.69 Å². The topological polar surface area (TPSA) is 87.3 Å². The minimum Gasteiger partial charge on any atom is -0.351 e. The molecule has 0 bridgehead atoms. The molecule has 0 heterocycles. The summed E-state index contributed by atoms with van der Waals surface area (Å²) in [5, 5.41) is 7.09. The molecule has 136 valence electrons. The maximum absolute atomic E-state index is 11.8. The zero-order chi connectivity index (χ0) is 19.1. The molecule has 3 amide bonds. The van der Waals surface area contributed by atoms with Gasteiger partial charge in [0.25, 0.3) is 0 Å². The summed E-state index contributed by atoms with van der Waals surface area (Å²) in [7, 11) is 1.35. The number of likely N-dealkylation sites (N-methyl/N-ethyl adjacent to an activating group) is 1. The van der Waals surface area contributed by atoms with Crippen molar-refractivity contribution in [1.29, 1.82) is 0 Å². The highest BCUT2D eigenvalue weighted by molar-refractivity contribution is 7.99. The van der Waals surface area contributed by atoms with Crippen LogP contribution in [-0.4, -0.2) is 31.3 Å². The number of aryl methyl sites for hydroxylation is 2. The third-order valence-electron chi connectivity index (χ3n) is 3.69. The van der Waals surface area contributed by atoms with Crippen LogP contribution in [-0.2, 0) is 14.4 Å². The summed E-state index contributed by atoms with van der Waals surface area (Å²) in [4.78, 5) is 36.4. The zero-order valence-corrected chi connectivity index (χ0v) is 15.7. The average molecular weight is 371 g/mol. The van der Waals surface area contributed by atoms with E-state index in [4.69, 9.17) is 0 Å². The van der Waals surface area contributed by atoms with Crippen molar-refractivity contribution in [2.75, 3.05) is 18.9 Å². The molecule has 0 aliphatic rings. The number of rotatable bonds is 5. The second-order valence-electron chi connectivity index (χ2n) is 5.68. The maximum atomic E-state index is 11.8. The van der Waals surface area contributed by atoms with Crippen molar-refractivity contribution in [2.45, 2.75) is 23.6 Å². The van der Waals surface area contributed by atoms with Crippen molar-refractivity contribution in [2.24, 2.45) is 0 Å². The lowest BCUT2D eigenvalue weighted by atomic mass is 10.1. The Kier molecular flexibility index (Phi) is 6.80. The van der Waals surface area contributed by atoms with Crippen LogP contribution in [0, 0.1) is 13.8 Å². The number of hydrogen-bond acceptors (Lipinski definition) is 4. The first-order valence-corrected chi connectivity index (χ1v) is 8.85. The van der Waals surface area contributed by atoms with E-state index in [0.29, 0.717) is 5.69 Å². The number of carbonyl (C=O) groups excluding carboxylic acids is 3. The molecule has 2 aromatic carbocycles. The van der Waals surface area contributed by atoms with Crippen molar-refractivity contribution in [1.82, 2.24) is 10.6 Å². The summed E-state index contributed by atoms with van der Waals surface area (Å²) < 4.78 is 0. The normalized spacial score (nSPS) is 10.1. The van der Waals surface area contributed by atoms with E-state index in [0.717, 1.165) is 9.79 Å². The number of anilines is 1. The summed E-state index contributed by atoms with van der Waals surface area (Å²) in [6.07, 6.45) is 0. The molecule has 0 saturated carbocycles. The van der Waals surface area contributed by atoms with Gasteiger partial charge in [0.05, 0.1) is 6.54 Å². The lowest BCUT2D eigenvalue weighted by molar-refractivity contribution is -0.139. The average Bonchev–Trinajstić information content (AvgIpc) is 2.63. The van der Waals surface area contributed by atoms with Crippen LogP contribution in [0.5, 0.6) is 0 Å². The fourth-order valence-corrected chi connectivity index (χ4v) is 3.00. The highest BCUT2D eigenvalue weighted by Gasteiger charge is 2.12. The van der Waals surface area contributed by atoms with Gasteiger partial charge in [-0.15, -0.1) is 0 Å². The molecule has 26 heavy (non-hydrogen) atoms. The standard InChI is InChI=1S/C19H21N3O3S/c1-12-4-7-16(10-13(12)2)26-15-8-5-14(6-9-15)22-17(23)11-21-19(25)18(24)20-3/h4-10H,11H2,1-3H3,(H,20,24)(H,21,25)(H,22,23). The van der Waals surface area contributed by atoms with Crippen molar-refractivity contribution < 1.29 is 14.4 Å². The van der Waals surface area contributed by atoms with E-state index in [1.54, 1.807) is 23.9 Å². The first kappa shape index (κ1) is 19.5. The first-order chi connectivity index (χ1) is 12.4. The highest BCUT2D eigenvalue weighted by atomic mass is 32.2. The van der Waals surface area contributed by atoms with E-state index in [1.165, 1.54) is 18.2 Å². The van der Waals surface area contributed by atoms with E-state index in [-0.39, 0.29) is 6.54 Å². The molecule has 2 rings (SSSR count). The van der Waals surface area contributed by atoms with Crippen LogP contribution in [0.25, 0.3) is 0 Å². The zero-order valence-electron chi connectivity index (χ0n) is 14.9. The summed E-state index contributed by atoms with van der Waals surface area (Å²) in [5.74, 6) is -2.04. The van der Waals surface area contributed by atoms with Gasteiger partial charge >= 0.3 is 11.8 Å². The van der Waals surface area contributed by atoms with E-state index in [9.17, 15) is 14.4 Å². The van der Waals surface area contributed by atoms with E-state index in [2.05, 4.69) is 48.0 Å². The molecule has 0 aliphatic heterocycles. The van der Waals surface area contributed by atoms with Gasteiger partial charge in [0.1, 0.15) is 0 Å². The second kappa shape index (κ2) is 9.05. The highest BCUT2D eigenvalue weighted by Crippen LogP contribution is 2.29. The SMILES string of the molecule is CNC(=O)C(=O)NCC(=O)Nc1ccc(Sc2ccc(C)c(C)c2)cc1. The third kappa shape index (κ3) is 5.63. The Bertz CT molecular complexity index is 819. The van der Waals surface area contributed by atoms with Gasteiger partial charge in [0.15, 0.2) is 0 Å². The Labute approximate surface area is 156 Å². The Balaban J connectivity index is 1.88. The van der Waals surface area contributed by atoms with Gasteiger partial charge < -0.3 is 16.0 Å². The van der Waals surface area contributed by atoms with Gasteiger partial charge in [0.2, 0.25) is 5.91 Å². The van der Waals surface area contributed by atoms with Crippen LogP contribution in [0.2, 0.25) is 0 Å². The minimum absolute atomic E-state index is 0.272. The van der Waals surface area contributed by atoms with Crippen molar-refractivity contribution >= 4 is 35.2 Å². The summed E-state index contributed by atoms with van der Waals surface area (Å²) in [6, 6.07) is 13.7. The van der Waals surface area contributed by atoms with Crippen molar-refractivity contribution in [3.63, 3.8) is 0 Å². The molecule has 0 fully saturated rings. The molecule has 0 radical (unpaired) electrons. The largest absolute Gasteiger partial charge is 0.351 e. The molecule has 6 nitrogen and oxygen atoms in total. The second-order valence-corrected chi connectivity index (χ2v) is 6.83. The Morgan fingerprint density at radius 2 is 1.54 bits per heavy atom. The molecular weight excluding hydrogens is 350 g/mol. The Morgan fingerprint density at radius 1 is 0.885 bits per heavy atom. The minimum atomic E-state index is -0.845. The lowest BCUT2D eigenvalue weighted by Crippen LogP contribution is -2.41. The first-order valence-electron chi connectivity index (χ1n) is 8.04. The number of benzene rings is 2. The number of hydrogen-bond donors (Lipinski definition) is 3. The number of carbonyl (C=O) groups is 3. The van der Waals surface area contributed by atoms with Gasteiger partial charge in [0, 0.05) is 22.5 Å². The molecule has 0 aliphatic carbocycles. The van der Waals surface area contributed by atoms with E-state index >= 15 is 0 Å². The molecule has 0 aromatic heterocycles. The van der Waals surface area contributed by atoms with Gasteiger partial charge in [-0.2, -0.15) is 0 Å².